The van der Waals surface area contributed by atoms with Gasteiger partial charge in [0.25, 0.3) is 0 Å². The predicted octanol–water partition coefficient (Wildman–Crippen LogP) is 6.60. The van der Waals surface area contributed by atoms with E-state index in [9.17, 15) is 0 Å². The van der Waals surface area contributed by atoms with Crippen molar-refractivity contribution in [3.63, 3.8) is 0 Å². The maximum absolute atomic E-state index is 5.94. The molecule has 0 bridgehead atoms. The van der Waals surface area contributed by atoms with E-state index in [0.717, 1.165) is 30.7 Å². The fraction of sp³-hybridized carbons (Fsp3) is 0.208. The smallest absolute Gasteiger partial charge is 0.121 e. The third-order valence-corrected chi connectivity index (χ3v) is 4.78. The Morgan fingerprint density at radius 2 is 1.56 bits per heavy atom. The van der Waals surface area contributed by atoms with Crippen LogP contribution >= 0.6 is 12.4 Å². The number of ether oxygens (including phenoxy) is 1. The van der Waals surface area contributed by atoms with Gasteiger partial charge in [-0.2, -0.15) is 0 Å². The molecular formula is C24H24ClNO. The molecule has 138 valence electrons. The molecule has 0 fully saturated rings. The standard InChI is InChI=1S/C24H23NO.ClH/c1-3-9-19(10-4-1)11-5-2-8-16-26-21-14-15-23-22-13-7-6-12-20(22)18-25-24(23)17-21;/h1,3-4,6-7,9-10,12-15,17-18H,2,5,8,11,16H2;1H. The second-order valence-corrected chi connectivity index (χ2v) is 6.67. The first-order valence-electron chi connectivity index (χ1n) is 9.34. The Labute approximate surface area is 166 Å². The lowest BCUT2D eigenvalue weighted by molar-refractivity contribution is 0.305. The summed E-state index contributed by atoms with van der Waals surface area (Å²) in [6.07, 6.45) is 6.55. The first-order chi connectivity index (χ1) is 12.9. The molecule has 3 heteroatoms. The highest BCUT2D eigenvalue weighted by molar-refractivity contribution is 6.05. The Morgan fingerprint density at radius 3 is 2.44 bits per heavy atom. The Morgan fingerprint density at radius 1 is 0.741 bits per heavy atom. The van der Waals surface area contributed by atoms with E-state index in [2.05, 4.69) is 65.6 Å². The van der Waals surface area contributed by atoms with Crippen LogP contribution in [0, 0.1) is 0 Å². The molecule has 2 nitrogen and oxygen atoms in total. The van der Waals surface area contributed by atoms with Crippen LogP contribution in [0.3, 0.4) is 0 Å². The van der Waals surface area contributed by atoms with Gasteiger partial charge in [-0.05, 0) is 48.8 Å². The van der Waals surface area contributed by atoms with Gasteiger partial charge in [0.15, 0.2) is 0 Å². The molecule has 27 heavy (non-hydrogen) atoms. The summed E-state index contributed by atoms with van der Waals surface area (Å²) in [6, 6.07) is 25.3. The van der Waals surface area contributed by atoms with Crippen molar-refractivity contribution in [2.24, 2.45) is 0 Å². The molecule has 4 aromatic rings. The van der Waals surface area contributed by atoms with Gasteiger partial charge in [-0.15, -0.1) is 12.4 Å². The molecular weight excluding hydrogens is 354 g/mol. The summed E-state index contributed by atoms with van der Waals surface area (Å²) in [5.41, 5.74) is 2.41. The van der Waals surface area contributed by atoms with Crippen LogP contribution in [0.1, 0.15) is 24.8 Å². The van der Waals surface area contributed by atoms with E-state index in [0.29, 0.717) is 0 Å². The zero-order chi connectivity index (χ0) is 17.6. The number of benzene rings is 3. The molecule has 0 radical (unpaired) electrons. The average molecular weight is 378 g/mol. The molecule has 1 aromatic heterocycles. The van der Waals surface area contributed by atoms with Gasteiger partial charge in [0.2, 0.25) is 0 Å². The highest BCUT2D eigenvalue weighted by atomic mass is 35.5. The second-order valence-electron chi connectivity index (χ2n) is 6.67. The number of hydrogen-bond donors (Lipinski definition) is 0. The van der Waals surface area contributed by atoms with Crippen LogP contribution in [0.4, 0.5) is 0 Å². The monoisotopic (exact) mass is 377 g/mol. The van der Waals surface area contributed by atoms with Crippen molar-refractivity contribution in [3.05, 3.63) is 84.6 Å². The number of halogens is 1. The molecule has 0 saturated heterocycles. The van der Waals surface area contributed by atoms with Crippen molar-refractivity contribution in [1.29, 1.82) is 0 Å². The minimum absolute atomic E-state index is 0. The molecule has 4 rings (SSSR count). The summed E-state index contributed by atoms with van der Waals surface area (Å²) in [7, 11) is 0. The van der Waals surface area contributed by atoms with E-state index >= 15 is 0 Å². The minimum Gasteiger partial charge on any atom is -0.494 e. The fourth-order valence-corrected chi connectivity index (χ4v) is 3.37. The molecule has 3 aromatic carbocycles. The third kappa shape index (κ3) is 4.78. The highest BCUT2D eigenvalue weighted by Crippen LogP contribution is 2.26. The summed E-state index contributed by atoms with van der Waals surface area (Å²) < 4.78 is 5.94. The number of hydrogen-bond acceptors (Lipinski definition) is 2. The van der Waals surface area contributed by atoms with Crippen molar-refractivity contribution in [2.75, 3.05) is 6.61 Å². The van der Waals surface area contributed by atoms with E-state index in [1.54, 1.807) is 0 Å². The predicted molar refractivity (Wildman–Crippen MR) is 116 cm³/mol. The number of pyridine rings is 1. The highest BCUT2D eigenvalue weighted by Gasteiger charge is 2.03. The Bertz CT molecular complexity index is 1000. The lowest BCUT2D eigenvalue weighted by Crippen LogP contribution is -1.98. The van der Waals surface area contributed by atoms with Crippen molar-refractivity contribution in [1.82, 2.24) is 4.98 Å². The van der Waals surface area contributed by atoms with E-state index in [4.69, 9.17) is 4.74 Å². The van der Waals surface area contributed by atoms with Crippen LogP contribution in [0.25, 0.3) is 21.7 Å². The van der Waals surface area contributed by atoms with Crippen molar-refractivity contribution in [2.45, 2.75) is 25.7 Å². The molecule has 0 aliphatic carbocycles. The third-order valence-electron chi connectivity index (χ3n) is 4.78. The zero-order valence-electron chi connectivity index (χ0n) is 15.3. The number of aryl methyl sites for hydroxylation is 1. The topological polar surface area (TPSA) is 22.1 Å². The van der Waals surface area contributed by atoms with Gasteiger partial charge in [0.05, 0.1) is 12.1 Å². The molecule has 0 amide bonds. The van der Waals surface area contributed by atoms with E-state index in [-0.39, 0.29) is 12.4 Å². The summed E-state index contributed by atoms with van der Waals surface area (Å²) in [5.74, 6) is 0.906. The summed E-state index contributed by atoms with van der Waals surface area (Å²) in [6.45, 7) is 0.758. The van der Waals surface area contributed by atoms with Gasteiger partial charge in [-0.1, -0.05) is 54.6 Å². The van der Waals surface area contributed by atoms with E-state index < -0.39 is 0 Å². The molecule has 0 unspecified atom stereocenters. The molecule has 0 aliphatic rings. The lowest BCUT2D eigenvalue weighted by Gasteiger charge is -2.08. The van der Waals surface area contributed by atoms with Gasteiger partial charge >= 0.3 is 0 Å². The lowest BCUT2D eigenvalue weighted by atomic mass is 10.1. The Balaban J connectivity index is 0.00000210. The van der Waals surface area contributed by atoms with Crippen LogP contribution in [0.5, 0.6) is 5.75 Å². The largest absolute Gasteiger partial charge is 0.494 e. The van der Waals surface area contributed by atoms with Gasteiger partial charge in [-0.25, -0.2) is 0 Å². The normalized spacial score (nSPS) is 10.7. The number of nitrogens with zero attached hydrogens (tertiary/aromatic N) is 1. The maximum atomic E-state index is 5.94. The maximum Gasteiger partial charge on any atom is 0.121 e. The first-order valence-corrected chi connectivity index (χ1v) is 9.34. The van der Waals surface area contributed by atoms with Crippen LogP contribution in [0.15, 0.2) is 79.0 Å². The van der Waals surface area contributed by atoms with Gasteiger partial charge in [0, 0.05) is 23.0 Å². The average Bonchev–Trinajstić information content (AvgIpc) is 2.71. The van der Waals surface area contributed by atoms with Crippen molar-refractivity contribution >= 4 is 34.1 Å². The number of rotatable bonds is 7. The quantitative estimate of drug-likeness (QED) is 0.267. The van der Waals surface area contributed by atoms with Crippen LogP contribution in [-0.4, -0.2) is 11.6 Å². The summed E-state index contributed by atoms with van der Waals surface area (Å²) >= 11 is 0. The van der Waals surface area contributed by atoms with Crippen molar-refractivity contribution < 1.29 is 4.74 Å². The Kier molecular flexibility index (Phi) is 6.67. The summed E-state index contributed by atoms with van der Waals surface area (Å²) in [4.78, 5) is 4.58. The van der Waals surface area contributed by atoms with Crippen LogP contribution < -0.4 is 4.74 Å². The SMILES string of the molecule is Cl.c1ccc(CCCCCOc2ccc3c(c2)ncc2ccccc23)cc1. The van der Waals surface area contributed by atoms with E-state index in [1.165, 1.54) is 34.6 Å². The molecule has 0 saturated carbocycles. The number of fused-ring (bicyclic) bond motifs is 3. The minimum atomic E-state index is 0. The Hall–Kier alpha value is -2.58. The molecule has 0 spiro atoms. The van der Waals surface area contributed by atoms with Crippen molar-refractivity contribution in [3.8, 4) is 5.75 Å². The van der Waals surface area contributed by atoms with Gasteiger partial charge in [0.1, 0.15) is 5.75 Å². The van der Waals surface area contributed by atoms with E-state index in [1.807, 2.05) is 18.3 Å². The fourth-order valence-electron chi connectivity index (χ4n) is 3.37. The van der Waals surface area contributed by atoms with Crippen LogP contribution in [0.2, 0.25) is 0 Å². The first kappa shape index (κ1) is 19.2. The van der Waals surface area contributed by atoms with Crippen LogP contribution in [-0.2, 0) is 6.42 Å². The zero-order valence-corrected chi connectivity index (χ0v) is 16.1. The molecule has 1 heterocycles. The second kappa shape index (κ2) is 9.38. The number of unbranched alkanes of at least 4 members (excludes halogenated alkanes) is 2. The molecule has 0 aliphatic heterocycles. The number of aromatic nitrogens is 1. The van der Waals surface area contributed by atoms with Gasteiger partial charge in [-0.3, -0.25) is 4.98 Å². The summed E-state index contributed by atoms with van der Waals surface area (Å²) in [5, 5.41) is 3.59. The molecule has 0 N–H and O–H groups in total. The van der Waals surface area contributed by atoms with Gasteiger partial charge < -0.3 is 4.74 Å². The molecule has 0 atom stereocenters.